The smallest absolute Gasteiger partial charge is 0.416 e. The van der Waals surface area contributed by atoms with Crippen LogP contribution < -0.4 is 10.1 Å². The Bertz CT molecular complexity index is 1020. The summed E-state index contributed by atoms with van der Waals surface area (Å²) in [5, 5.41) is 2.74. The van der Waals surface area contributed by atoms with Crippen LogP contribution in [-0.4, -0.2) is 18.8 Å². The summed E-state index contributed by atoms with van der Waals surface area (Å²) in [4.78, 5) is 25.4. The maximum Gasteiger partial charge on any atom is 0.416 e. The number of allylic oxidation sites excluding steroid dienone is 2. The van der Waals surface area contributed by atoms with Gasteiger partial charge in [0.15, 0.2) is 5.78 Å². The molecule has 7 heteroatoms. The zero-order valence-electron chi connectivity index (χ0n) is 16.3. The van der Waals surface area contributed by atoms with Crippen molar-refractivity contribution in [3.63, 3.8) is 0 Å². The number of hydrogen-bond acceptors (Lipinski definition) is 3. The van der Waals surface area contributed by atoms with Crippen LogP contribution >= 0.6 is 0 Å². The van der Waals surface area contributed by atoms with Crippen molar-refractivity contribution >= 4 is 11.7 Å². The van der Waals surface area contributed by atoms with Crippen molar-refractivity contribution in [3.05, 3.63) is 76.5 Å². The van der Waals surface area contributed by atoms with Crippen LogP contribution in [0.1, 0.15) is 47.8 Å². The molecular weight excluding hydrogens is 395 g/mol. The highest BCUT2D eigenvalue weighted by Gasteiger charge is 2.42. The lowest BCUT2D eigenvalue weighted by Crippen LogP contribution is -2.38. The molecule has 0 saturated carbocycles. The van der Waals surface area contributed by atoms with Gasteiger partial charge in [0.1, 0.15) is 5.75 Å². The Morgan fingerprint density at radius 2 is 1.67 bits per heavy atom. The van der Waals surface area contributed by atoms with Gasteiger partial charge in [0.25, 0.3) is 0 Å². The third-order valence-electron chi connectivity index (χ3n) is 5.76. The van der Waals surface area contributed by atoms with Gasteiger partial charge in [-0.1, -0.05) is 30.3 Å². The lowest BCUT2D eigenvalue weighted by atomic mass is 9.72. The summed E-state index contributed by atoms with van der Waals surface area (Å²) in [6.45, 7) is 0. The van der Waals surface area contributed by atoms with Gasteiger partial charge in [0.2, 0.25) is 5.91 Å². The van der Waals surface area contributed by atoms with Crippen LogP contribution in [0.4, 0.5) is 13.2 Å². The third kappa shape index (κ3) is 3.72. The minimum atomic E-state index is -4.56. The molecular formula is C23H20F3NO3. The van der Waals surface area contributed by atoms with E-state index in [1.165, 1.54) is 18.2 Å². The topological polar surface area (TPSA) is 55.4 Å². The molecule has 0 spiro atoms. The fourth-order valence-electron chi connectivity index (χ4n) is 4.40. The number of carbonyl (C=O) groups excluding carboxylic acids is 2. The number of carbonyl (C=O) groups is 2. The van der Waals surface area contributed by atoms with Gasteiger partial charge < -0.3 is 10.1 Å². The molecule has 4 nitrogen and oxygen atoms in total. The highest BCUT2D eigenvalue weighted by molar-refractivity contribution is 6.02. The summed E-state index contributed by atoms with van der Waals surface area (Å²) < 4.78 is 45.8. The lowest BCUT2D eigenvalue weighted by Gasteiger charge is -2.35. The summed E-state index contributed by atoms with van der Waals surface area (Å²) in [6, 6.07) is 12.5. The molecule has 0 unspecified atom stereocenters. The summed E-state index contributed by atoms with van der Waals surface area (Å²) in [5.74, 6) is -0.955. The lowest BCUT2D eigenvalue weighted by molar-refractivity contribution is -0.138. The molecule has 0 radical (unpaired) electrons. The molecule has 0 fully saturated rings. The second kappa shape index (κ2) is 7.63. The molecule has 30 heavy (non-hydrogen) atoms. The molecule has 0 bridgehead atoms. The number of ether oxygens (including phenoxy) is 1. The SMILES string of the molecule is COc1ccc([C@@H]2CC(=O)C3=C(C2)NC(=O)C[C@H]3c2ccccc2C(F)(F)F)cc1. The van der Waals surface area contributed by atoms with Crippen LogP contribution in [0.5, 0.6) is 5.75 Å². The van der Waals surface area contributed by atoms with Crippen molar-refractivity contribution in [2.45, 2.75) is 37.3 Å². The Morgan fingerprint density at radius 3 is 2.33 bits per heavy atom. The molecule has 156 valence electrons. The maximum atomic E-state index is 13.6. The van der Waals surface area contributed by atoms with Gasteiger partial charge in [0, 0.05) is 30.0 Å². The highest BCUT2D eigenvalue weighted by Crippen LogP contribution is 2.45. The van der Waals surface area contributed by atoms with Crippen molar-refractivity contribution in [1.82, 2.24) is 5.32 Å². The summed E-state index contributed by atoms with van der Waals surface area (Å²) in [5.41, 5.74) is 0.828. The van der Waals surface area contributed by atoms with Crippen molar-refractivity contribution in [1.29, 1.82) is 0 Å². The number of rotatable bonds is 3. The van der Waals surface area contributed by atoms with Gasteiger partial charge in [-0.3, -0.25) is 9.59 Å². The molecule has 1 aliphatic carbocycles. The van der Waals surface area contributed by atoms with Gasteiger partial charge >= 0.3 is 6.18 Å². The number of hydrogen-bond donors (Lipinski definition) is 1. The van der Waals surface area contributed by atoms with Crippen molar-refractivity contribution in [2.75, 3.05) is 7.11 Å². The maximum absolute atomic E-state index is 13.6. The highest BCUT2D eigenvalue weighted by atomic mass is 19.4. The molecule has 2 aromatic rings. The number of Topliss-reactive ketones (excluding diaryl/α,β-unsaturated/α-hetero) is 1. The van der Waals surface area contributed by atoms with Gasteiger partial charge in [-0.25, -0.2) is 0 Å². The summed E-state index contributed by atoms with van der Waals surface area (Å²) in [7, 11) is 1.56. The number of halogens is 3. The fraction of sp³-hybridized carbons (Fsp3) is 0.304. The van der Waals surface area contributed by atoms with Gasteiger partial charge in [0.05, 0.1) is 12.7 Å². The normalized spacial score (nSPS) is 21.9. The molecule has 2 aliphatic rings. The summed E-state index contributed by atoms with van der Waals surface area (Å²) >= 11 is 0. The Hall–Kier alpha value is -3.09. The van der Waals surface area contributed by atoms with E-state index in [0.29, 0.717) is 23.4 Å². The Labute approximate surface area is 171 Å². The fourth-order valence-corrected chi connectivity index (χ4v) is 4.40. The molecule has 0 saturated heterocycles. The van der Waals surface area contributed by atoms with Crippen LogP contribution in [0, 0.1) is 0 Å². The first-order valence-corrected chi connectivity index (χ1v) is 9.64. The number of benzene rings is 2. The standard InChI is InChI=1S/C23H20F3NO3/c1-30-15-8-6-13(7-9-15)14-10-19-22(20(28)11-14)17(12-21(29)27-19)16-4-2-3-5-18(16)23(24,25)26/h2-9,14,17H,10-12H2,1H3,(H,27,29)/t14-,17-/m0/s1. The zero-order valence-corrected chi connectivity index (χ0v) is 16.3. The Kier molecular flexibility index (Phi) is 5.13. The predicted octanol–water partition coefficient (Wildman–Crippen LogP) is 4.72. The summed E-state index contributed by atoms with van der Waals surface area (Å²) in [6.07, 6.45) is -4.16. The van der Waals surface area contributed by atoms with E-state index in [1.54, 1.807) is 19.2 Å². The van der Waals surface area contributed by atoms with E-state index in [1.807, 2.05) is 12.1 Å². The average Bonchev–Trinajstić information content (AvgIpc) is 2.72. The molecule has 1 aliphatic heterocycles. The minimum absolute atomic E-state index is 0.0244. The monoisotopic (exact) mass is 415 g/mol. The first-order valence-electron chi connectivity index (χ1n) is 9.64. The molecule has 2 aromatic carbocycles. The second-order valence-corrected chi connectivity index (χ2v) is 7.58. The van der Waals surface area contributed by atoms with E-state index in [9.17, 15) is 22.8 Å². The number of ketones is 1. The van der Waals surface area contributed by atoms with Gasteiger partial charge in [-0.15, -0.1) is 0 Å². The first-order chi connectivity index (χ1) is 14.3. The molecule has 2 atom stereocenters. The number of amides is 1. The van der Waals surface area contributed by atoms with Crippen LogP contribution in [0.3, 0.4) is 0 Å². The van der Waals surface area contributed by atoms with Crippen LogP contribution in [0.2, 0.25) is 0 Å². The van der Waals surface area contributed by atoms with E-state index in [4.69, 9.17) is 4.74 Å². The molecule has 0 aromatic heterocycles. The van der Waals surface area contributed by atoms with E-state index < -0.39 is 17.7 Å². The van der Waals surface area contributed by atoms with E-state index in [-0.39, 0.29) is 36.0 Å². The predicted molar refractivity (Wildman–Crippen MR) is 104 cm³/mol. The van der Waals surface area contributed by atoms with E-state index in [0.717, 1.165) is 11.6 Å². The zero-order chi connectivity index (χ0) is 21.5. The van der Waals surface area contributed by atoms with Crippen molar-refractivity contribution in [2.24, 2.45) is 0 Å². The van der Waals surface area contributed by atoms with Gasteiger partial charge in [-0.2, -0.15) is 13.2 Å². The average molecular weight is 415 g/mol. The molecule has 1 N–H and O–H groups in total. The minimum Gasteiger partial charge on any atom is -0.497 e. The Balaban J connectivity index is 1.73. The quantitative estimate of drug-likeness (QED) is 0.789. The number of methoxy groups -OCH3 is 1. The van der Waals surface area contributed by atoms with Crippen molar-refractivity contribution < 1.29 is 27.5 Å². The first kappa shape index (κ1) is 20.2. The number of nitrogens with one attached hydrogen (secondary N) is 1. The van der Waals surface area contributed by atoms with Crippen molar-refractivity contribution in [3.8, 4) is 5.75 Å². The van der Waals surface area contributed by atoms with Crippen LogP contribution in [0.15, 0.2) is 59.8 Å². The Morgan fingerprint density at radius 1 is 0.967 bits per heavy atom. The molecule has 1 amide bonds. The van der Waals surface area contributed by atoms with E-state index in [2.05, 4.69) is 5.32 Å². The van der Waals surface area contributed by atoms with Crippen LogP contribution in [0.25, 0.3) is 0 Å². The molecule has 1 heterocycles. The van der Waals surface area contributed by atoms with E-state index >= 15 is 0 Å². The van der Waals surface area contributed by atoms with Crippen LogP contribution in [-0.2, 0) is 15.8 Å². The second-order valence-electron chi connectivity index (χ2n) is 7.58. The van der Waals surface area contributed by atoms with Gasteiger partial charge in [-0.05, 0) is 41.7 Å². The third-order valence-corrected chi connectivity index (χ3v) is 5.76. The molecule has 4 rings (SSSR count). The number of alkyl halides is 3. The largest absolute Gasteiger partial charge is 0.497 e.